The van der Waals surface area contributed by atoms with Crippen LogP contribution in [0.5, 0.6) is 0 Å². The summed E-state index contributed by atoms with van der Waals surface area (Å²) in [6.45, 7) is 1.88. The van der Waals surface area contributed by atoms with Crippen molar-refractivity contribution < 1.29 is 18.0 Å². The lowest BCUT2D eigenvalue weighted by molar-refractivity contribution is -0.137. The highest BCUT2D eigenvalue weighted by Crippen LogP contribution is 2.29. The van der Waals surface area contributed by atoms with Gasteiger partial charge in [-0.1, -0.05) is 6.07 Å². The van der Waals surface area contributed by atoms with E-state index in [1.54, 1.807) is 16.7 Å². The number of carbonyl (C=O) groups is 1. The van der Waals surface area contributed by atoms with Gasteiger partial charge >= 0.3 is 6.18 Å². The Morgan fingerprint density at radius 1 is 1.13 bits per heavy atom. The number of hydrogen-bond acceptors (Lipinski definition) is 2. The molecule has 0 aliphatic heterocycles. The van der Waals surface area contributed by atoms with E-state index in [9.17, 15) is 18.0 Å². The zero-order chi connectivity index (χ0) is 16.6. The summed E-state index contributed by atoms with van der Waals surface area (Å²) in [5.74, 6) is -0.479. The highest BCUT2D eigenvalue weighted by Gasteiger charge is 2.30. The van der Waals surface area contributed by atoms with Gasteiger partial charge in [0.15, 0.2) is 0 Å². The maximum absolute atomic E-state index is 12.5. The lowest BCUT2D eigenvalue weighted by atomic mass is 10.2. The van der Waals surface area contributed by atoms with E-state index in [1.807, 2.05) is 19.1 Å². The molecule has 4 nitrogen and oxygen atoms in total. The number of halogens is 3. The number of nitrogens with zero attached hydrogens (tertiary/aromatic N) is 2. The highest BCUT2D eigenvalue weighted by atomic mass is 19.4. The monoisotopic (exact) mass is 319 g/mol. The van der Waals surface area contributed by atoms with Crippen molar-refractivity contribution in [1.82, 2.24) is 9.38 Å². The van der Waals surface area contributed by atoms with Crippen molar-refractivity contribution in [3.8, 4) is 0 Å². The third kappa shape index (κ3) is 3.03. The normalized spacial score (nSPS) is 11.7. The maximum atomic E-state index is 12.5. The number of benzene rings is 1. The quantitative estimate of drug-likeness (QED) is 0.778. The molecule has 0 spiro atoms. The second-order valence-electron chi connectivity index (χ2n) is 5.05. The molecule has 1 aromatic carbocycles. The molecule has 7 heteroatoms. The molecular formula is C16H12F3N3O. The standard InChI is InChI=1S/C16H12F3N3O/c1-10-3-2-4-14-21-13(9-22(10)14)15(23)20-12-7-5-11(6-8-12)16(17,18)19/h2-9H,1H3,(H,20,23). The predicted molar refractivity (Wildman–Crippen MR) is 79.3 cm³/mol. The van der Waals surface area contributed by atoms with Crippen LogP contribution in [0, 0.1) is 6.92 Å². The van der Waals surface area contributed by atoms with Crippen LogP contribution in [0.3, 0.4) is 0 Å². The van der Waals surface area contributed by atoms with Crippen LogP contribution < -0.4 is 5.32 Å². The van der Waals surface area contributed by atoms with Gasteiger partial charge in [-0.25, -0.2) is 4.98 Å². The van der Waals surface area contributed by atoms with Gasteiger partial charge in [-0.2, -0.15) is 13.2 Å². The molecule has 2 aromatic heterocycles. The number of hydrogen-bond donors (Lipinski definition) is 1. The Morgan fingerprint density at radius 2 is 1.83 bits per heavy atom. The van der Waals surface area contributed by atoms with Crippen molar-refractivity contribution in [2.45, 2.75) is 13.1 Å². The van der Waals surface area contributed by atoms with Gasteiger partial charge in [0.2, 0.25) is 0 Å². The number of imidazole rings is 1. The van der Waals surface area contributed by atoms with Crippen LogP contribution in [-0.2, 0) is 6.18 Å². The molecule has 0 saturated carbocycles. The number of aryl methyl sites for hydroxylation is 1. The van der Waals surface area contributed by atoms with Crippen molar-refractivity contribution in [1.29, 1.82) is 0 Å². The summed E-state index contributed by atoms with van der Waals surface area (Å²) in [4.78, 5) is 16.4. The third-order valence-electron chi connectivity index (χ3n) is 3.40. The molecule has 0 radical (unpaired) electrons. The minimum atomic E-state index is -4.40. The molecule has 1 amide bonds. The van der Waals surface area contributed by atoms with Gasteiger partial charge in [0.1, 0.15) is 11.3 Å². The molecule has 3 aromatic rings. The SMILES string of the molecule is Cc1cccc2nc(C(=O)Nc3ccc(C(F)(F)F)cc3)cn12. The van der Waals surface area contributed by atoms with E-state index in [-0.39, 0.29) is 11.4 Å². The van der Waals surface area contributed by atoms with Gasteiger partial charge in [0.25, 0.3) is 5.91 Å². The van der Waals surface area contributed by atoms with E-state index in [1.165, 1.54) is 12.1 Å². The number of pyridine rings is 1. The first-order chi connectivity index (χ1) is 10.8. The van der Waals surface area contributed by atoms with Crippen molar-refractivity contribution in [2.75, 3.05) is 5.32 Å². The van der Waals surface area contributed by atoms with Crippen LogP contribution in [0.25, 0.3) is 5.65 Å². The molecule has 0 aliphatic rings. The number of rotatable bonds is 2. The fourth-order valence-corrected chi connectivity index (χ4v) is 2.20. The molecule has 0 saturated heterocycles. The molecule has 23 heavy (non-hydrogen) atoms. The average molecular weight is 319 g/mol. The summed E-state index contributed by atoms with van der Waals surface area (Å²) in [5, 5.41) is 2.54. The topological polar surface area (TPSA) is 46.4 Å². The second-order valence-corrected chi connectivity index (χ2v) is 5.05. The fraction of sp³-hybridized carbons (Fsp3) is 0.125. The average Bonchev–Trinajstić information content (AvgIpc) is 2.92. The van der Waals surface area contributed by atoms with E-state index in [4.69, 9.17) is 0 Å². The van der Waals surface area contributed by atoms with E-state index in [0.29, 0.717) is 5.65 Å². The summed E-state index contributed by atoms with van der Waals surface area (Å²) in [5.41, 5.74) is 1.25. The Hall–Kier alpha value is -2.83. The number of alkyl halides is 3. The van der Waals surface area contributed by atoms with Crippen molar-refractivity contribution >= 4 is 17.2 Å². The van der Waals surface area contributed by atoms with E-state index in [0.717, 1.165) is 17.8 Å². The lowest BCUT2D eigenvalue weighted by Gasteiger charge is -2.08. The van der Waals surface area contributed by atoms with Crippen LogP contribution in [-0.4, -0.2) is 15.3 Å². The summed E-state index contributed by atoms with van der Waals surface area (Å²) in [7, 11) is 0. The summed E-state index contributed by atoms with van der Waals surface area (Å²) < 4.78 is 39.3. The molecule has 0 atom stereocenters. The van der Waals surface area contributed by atoms with Gasteiger partial charge in [-0.3, -0.25) is 4.79 Å². The molecule has 0 bridgehead atoms. The molecular weight excluding hydrogens is 307 g/mol. The first kappa shape index (κ1) is 15.1. The molecule has 0 unspecified atom stereocenters. The smallest absolute Gasteiger partial charge is 0.321 e. The Morgan fingerprint density at radius 3 is 2.43 bits per heavy atom. The molecule has 118 valence electrons. The van der Waals surface area contributed by atoms with Gasteiger partial charge < -0.3 is 9.72 Å². The minimum Gasteiger partial charge on any atom is -0.321 e. The lowest BCUT2D eigenvalue weighted by Crippen LogP contribution is -2.12. The van der Waals surface area contributed by atoms with E-state index < -0.39 is 17.6 Å². The molecule has 2 heterocycles. The molecule has 0 aliphatic carbocycles. The second kappa shape index (κ2) is 5.42. The number of carbonyl (C=O) groups excluding carboxylic acids is 1. The predicted octanol–water partition coefficient (Wildman–Crippen LogP) is 3.91. The van der Waals surface area contributed by atoms with Gasteiger partial charge in [0.05, 0.1) is 5.56 Å². The molecule has 1 N–H and O–H groups in total. The summed E-state index contributed by atoms with van der Waals surface area (Å²) in [6, 6.07) is 9.74. The zero-order valence-electron chi connectivity index (χ0n) is 12.1. The Balaban J connectivity index is 1.82. The number of aromatic nitrogens is 2. The van der Waals surface area contributed by atoms with Gasteiger partial charge in [-0.05, 0) is 43.3 Å². The van der Waals surface area contributed by atoms with Crippen LogP contribution in [0.15, 0.2) is 48.7 Å². The first-order valence-electron chi connectivity index (χ1n) is 6.78. The van der Waals surface area contributed by atoms with Crippen LogP contribution in [0.4, 0.5) is 18.9 Å². The first-order valence-corrected chi connectivity index (χ1v) is 6.78. The summed E-state index contributed by atoms with van der Waals surface area (Å²) in [6.07, 6.45) is -2.81. The Labute approximate surface area is 129 Å². The van der Waals surface area contributed by atoms with Crippen LogP contribution >= 0.6 is 0 Å². The van der Waals surface area contributed by atoms with Crippen molar-refractivity contribution in [2.24, 2.45) is 0 Å². The van der Waals surface area contributed by atoms with Gasteiger partial charge in [-0.15, -0.1) is 0 Å². The summed E-state index contributed by atoms with van der Waals surface area (Å²) >= 11 is 0. The number of anilines is 1. The number of amides is 1. The third-order valence-corrected chi connectivity index (χ3v) is 3.40. The minimum absolute atomic E-state index is 0.194. The Kier molecular flexibility index (Phi) is 3.55. The maximum Gasteiger partial charge on any atom is 0.416 e. The van der Waals surface area contributed by atoms with Crippen molar-refractivity contribution in [3.05, 3.63) is 65.6 Å². The van der Waals surface area contributed by atoms with Crippen LogP contribution in [0.1, 0.15) is 21.7 Å². The Bertz CT molecular complexity index is 866. The van der Waals surface area contributed by atoms with Gasteiger partial charge in [0, 0.05) is 17.6 Å². The number of fused-ring (bicyclic) bond motifs is 1. The molecule has 0 fully saturated rings. The van der Waals surface area contributed by atoms with E-state index >= 15 is 0 Å². The van der Waals surface area contributed by atoms with Crippen molar-refractivity contribution in [3.63, 3.8) is 0 Å². The highest BCUT2D eigenvalue weighted by molar-refractivity contribution is 6.03. The molecule has 3 rings (SSSR count). The van der Waals surface area contributed by atoms with E-state index in [2.05, 4.69) is 10.3 Å². The zero-order valence-corrected chi connectivity index (χ0v) is 12.1. The fourth-order valence-electron chi connectivity index (χ4n) is 2.20. The largest absolute Gasteiger partial charge is 0.416 e. The number of nitrogens with one attached hydrogen (secondary N) is 1. The van der Waals surface area contributed by atoms with Crippen LogP contribution in [0.2, 0.25) is 0 Å².